The second-order valence-electron chi connectivity index (χ2n) is 7.27. The third kappa shape index (κ3) is 4.63. The number of benzene rings is 2. The van der Waals surface area contributed by atoms with Gasteiger partial charge in [-0.1, -0.05) is 76.2 Å². The number of rotatable bonds is 5. The van der Waals surface area contributed by atoms with Crippen molar-refractivity contribution in [2.24, 2.45) is 5.41 Å². The number of para-hydroxylation sites is 1. The van der Waals surface area contributed by atoms with Gasteiger partial charge in [0.15, 0.2) is 0 Å². The summed E-state index contributed by atoms with van der Waals surface area (Å²) in [6.07, 6.45) is 1.08. The van der Waals surface area contributed by atoms with E-state index >= 15 is 0 Å². The summed E-state index contributed by atoms with van der Waals surface area (Å²) in [7, 11) is 0. The molecular formula is C20H26O. The molecule has 0 aliphatic carbocycles. The molecule has 21 heavy (non-hydrogen) atoms. The molecule has 1 heteroatoms. The van der Waals surface area contributed by atoms with Crippen LogP contribution in [0.5, 0.6) is 5.75 Å². The minimum Gasteiger partial charge on any atom is -0.493 e. The topological polar surface area (TPSA) is 9.23 Å². The predicted molar refractivity (Wildman–Crippen MR) is 89.8 cm³/mol. The van der Waals surface area contributed by atoms with Gasteiger partial charge in [-0.25, -0.2) is 0 Å². The summed E-state index contributed by atoms with van der Waals surface area (Å²) in [5, 5.41) is 0. The van der Waals surface area contributed by atoms with Crippen molar-refractivity contribution in [3.05, 3.63) is 66.2 Å². The van der Waals surface area contributed by atoms with Crippen LogP contribution < -0.4 is 4.74 Å². The van der Waals surface area contributed by atoms with Gasteiger partial charge < -0.3 is 4.74 Å². The van der Waals surface area contributed by atoms with Crippen LogP contribution in [-0.2, 0) is 5.41 Å². The van der Waals surface area contributed by atoms with Gasteiger partial charge in [0.1, 0.15) is 5.75 Å². The third-order valence-corrected chi connectivity index (χ3v) is 3.69. The van der Waals surface area contributed by atoms with Crippen LogP contribution in [-0.4, -0.2) is 6.61 Å². The van der Waals surface area contributed by atoms with Crippen LogP contribution in [0.15, 0.2) is 60.7 Å². The van der Waals surface area contributed by atoms with Crippen molar-refractivity contribution < 1.29 is 4.74 Å². The molecule has 0 N–H and O–H groups in total. The minimum atomic E-state index is 0.00928. The highest BCUT2D eigenvalue weighted by molar-refractivity contribution is 5.27. The summed E-state index contributed by atoms with van der Waals surface area (Å²) in [5.74, 6) is 0.938. The SMILES string of the molecule is CC(C)(C)CC(C)(COc1ccccc1)c1ccccc1. The zero-order chi connectivity index (χ0) is 15.3. The van der Waals surface area contributed by atoms with Crippen LogP contribution in [0.2, 0.25) is 0 Å². The Morgan fingerprint density at radius 3 is 1.81 bits per heavy atom. The molecule has 0 aliphatic rings. The summed E-state index contributed by atoms with van der Waals surface area (Å²) >= 11 is 0. The molecule has 1 unspecified atom stereocenters. The smallest absolute Gasteiger partial charge is 0.119 e. The molecule has 0 saturated heterocycles. The normalized spacial score (nSPS) is 14.5. The van der Waals surface area contributed by atoms with Gasteiger partial charge in [-0.15, -0.1) is 0 Å². The molecule has 1 atom stereocenters. The molecule has 0 fully saturated rings. The van der Waals surface area contributed by atoms with Crippen molar-refractivity contribution in [2.75, 3.05) is 6.61 Å². The number of hydrogen-bond donors (Lipinski definition) is 0. The molecule has 112 valence electrons. The fourth-order valence-electron chi connectivity index (χ4n) is 3.01. The van der Waals surface area contributed by atoms with Crippen molar-refractivity contribution in [2.45, 2.75) is 39.5 Å². The van der Waals surface area contributed by atoms with E-state index in [4.69, 9.17) is 4.74 Å². The lowest BCUT2D eigenvalue weighted by Crippen LogP contribution is -2.34. The second kappa shape index (κ2) is 6.34. The highest BCUT2D eigenvalue weighted by atomic mass is 16.5. The Labute approximate surface area is 129 Å². The predicted octanol–water partition coefficient (Wildman–Crippen LogP) is 5.46. The van der Waals surface area contributed by atoms with Gasteiger partial charge in [-0.3, -0.25) is 0 Å². The monoisotopic (exact) mass is 282 g/mol. The van der Waals surface area contributed by atoms with Gasteiger partial charge in [0.25, 0.3) is 0 Å². The first kappa shape index (κ1) is 15.6. The van der Waals surface area contributed by atoms with E-state index in [2.05, 4.69) is 58.0 Å². The Morgan fingerprint density at radius 2 is 1.29 bits per heavy atom. The summed E-state index contributed by atoms with van der Waals surface area (Å²) in [4.78, 5) is 0. The van der Waals surface area contributed by atoms with E-state index < -0.39 is 0 Å². The molecule has 0 amide bonds. The highest BCUT2D eigenvalue weighted by Crippen LogP contribution is 2.37. The average Bonchev–Trinajstić information content (AvgIpc) is 2.46. The Hall–Kier alpha value is -1.76. The van der Waals surface area contributed by atoms with Crippen LogP contribution in [0.3, 0.4) is 0 Å². The molecule has 2 aromatic carbocycles. The van der Waals surface area contributed by atoms with Gasteiger partial charge in [0.2, 0.25) is 0 Å². The largest absolute Gasteiger partial charge is 0.493 e. The zero-order valence-corrected chi connectivity index (χ0v) is 13.6. The van der Waals surface area contributed by atoms with E-state index in [0.717, 1.165) is 12.2 Å². The van der Waals surface area contributed by atoms with Gasteiger partial charge in [-0.2, -0.15) is 0 Å². The highest BCUT2D eigenvalue weighted by Gasteiger charge is 2.32. The van der Waals surface area contributed by atoms with E-state index in [9.17, 15) is 0 Å². The van der Waals surface area contributed by atoms with E-state index in [1.54, 1.807) is 0 Å². The maximum absolute atomic E-state index is 6.07. The molecule has 0 bridgehead atoms. The maximum Gasteiger partial charge on any atom is 0.119 e. The van der Waals surface area contributed by atoms with E-state index in [1.165, 1.54) is 5.56 Å². The number of ether oxygens (including phenoxy) is 1. The molecule has 2 rings (SSSR count). The lowest BCUT2D eigenvalue weighted by Gasteiger charge is -2.36. The van der Waals surface area contributed by atoms with Crippen molar-refractivity contribution >= 4 is 0 Å². The van der Waals surface area contributed by atoms with Crippen molar-refractivity contribution in [1.82, 2.24) is 0 Å². The second-order valence-corrected chi connectivity index (χ2v) is 7.27. The van der Waals surface area contributed by atoms with Crippen LogP contribution in [0, 0.1) is 5.41 Å². The molecule has 0 radical (unpaired) electrons. The van der Waals surface area contributed by atoms with E-state index in [0.29, 0.717) is 6.61 Å². The fraction of sp³-hybridized carbons (Fsp3) is 0.400. The summed E-state index contributed by atoms with van der Waals surface area (Å²) in [6.45, 7) is 9.86. The van der Waals surface area contributed by atoms with Crippen LogP contribution in [0.25, 0.3) is 0 Å². The lowest BCUT2D eigenvalue weighted by molar-refractivity contribution is 0.172. The minimum absolute atomic E-state index is 0.00928. The molecular weight excluding hydrogens is 256 g/mol. The van der Waals surface area contributed by atoms with Crippen molar-refractivity contribution in [1.29, 1.82) is 0 Å². The van der Waals surface area contributed by atoms with Crippen molar-refractivity contribution in [3.8, 4) is 5.75 Å². The van der Waals surface area contributed by atoms with Crippen LogP contribution >= 0.6 is 0 Å². The quantitative estimate of drug-likeness (QED) is 0.707. The first-order valence-electron chi connectivity index (χ1n) is 7.62. The van der Waals surface area contributed by atoms with E-state index in [-0.39, 0.29) is 10.8 Å². The Kier molecular flexibility index (Phi) is 4.72. The summed E-state index contributed by atoms with van der Waals surface area (Å²) in [6, 6.07) is 20.8. The molecule has 0 spiro atoms. The average molecular weight is 282 g/mol. The molecule has 0 aromatic heterocycles. The van der Waals surface area contributed by atoms with Crippen molar-refractivity contribution in [3.63, 3.8) is 0 Å². The Bertz CT molecular complexity index is 539. The van der Waals surface area contributed by atoms with Gasteiger partial charge >= 0.3 is 0 Å². The maximum atomic E-state index is 6.07. The Morgan fingerprint density at radius 1 is 0.762 bits per heavy atom. The van der Waals surface area contributed by atoms with Gasteiger partial charge in [0.05, 0.1) is 6.61 Å². The fourth-order valence-corrected chi connectivity index (χ4v) is 3.01. The van der Waals surface area contributed by atoms with E-state index in [1.807, 2.05) is 30.3 Å². The lowest BCUT2D eigenvalue weighted by atomic mass is 9.71. The number of hydrogen-bond acceptors (Lipinski definition) is 1. The molecule has 0 saturated carbocycles. The molecule has 1 nitrogen and oxygen atoms in total. The van der Waals surface area contributed by atoms with Gasteiger partial charge in [0, 0.05) is 5.41 Å². The molecule has 0 aliphatic heterocycles. The summed E-state index contributed by atoms with van der Waals surface area (Å²) < 4.78 is 6.07. The zero-order valence-electron chi connectivity index (χ0n) is 13.6. The van der Waals surface area contributed by atoms with Crippen LogP contribution in [0.1, 0.15) is 39.7 Å². The first-order chi connectivity index (χ1) is 9.89. The first-order valence-corrected chi connectivity index (χ1v) is 7.62. The van der Waals surface area contributed by atoms with Crippen LogP contribution in [0.4, 0.5) is 0 Å². The third-order valence-electron chi connectivity index (χ3n) is 3.69. The Balaban J connectivity index is 2.20. The molecule has 2 aromatic rings. The molecule has 0 heterocycles. The summed E-state index contributed by atoms with van der Waals surface area (Å²) in [5.41, 5.74) is 1.61. The standard InChI is InChI=1S/C20H26O/c1-19(2,3)15-20(4,17-11-7-5-8-12-17)16-21-18-13-9-6-10-14-18/h5-14H,15-16H2,1-4H3. The van der Waals surface area contributed by atoms with Gasteiger partial charge in [-0.05, 0) is 29.5 Å².